The van der Waals surface area contributed by atoms with E-state index in [0.717, 1.165) is 37.1 Å². The quantitative estimate of drug-likeness (QED) is 0.669. The number of allylic oxidation sites excluding steroid dienone is 2. The molecule has 1 fully saturated rings. The standard InChI is InChI=1S/C10H18N2OS/c1-8(2)9(3)11-10(14)12-4-6-13-7-5-12/h4-7H2,1-3H3,(H,11,14). The highest BCUT2D eigenvalue weighted by atomic mass is 32.1. The Kier molecular flexibility index (Phi) is 4.35. The molecular formula is C10H18N2OS. The molecule has 3 nitrogen and oxygen atoms in total. The molecule has 0 amide bonds. The lowest BCUT2D eigenvalue weighted by molar-refractivity contribution is 0.0679. The third-order valence-electron chi connectivity index (χ3n) is 2.34. The number of hydrogen-bond donors (Lipinski definition) is 1. The van der Waals surface area contributed by atoms with Gasteiger partial charge in [-0.15, -0.1) is 0 Å². The van der Waals surface area contributed by atoms with E-state index in [-0.39, 0.29) is 0 Å². The first-order valence-electron chi connectivity index (χ1n) is 4.89. The summed E-state index contributed by atoms with van der Waals surface area (Å²) in [4.78, 5) is 2.14. The van der Waals surface area contributed by atoms with E-state index in [9.17, 15) is 0 Å². The Labute approximate surface area is 91.1 Å². The van der Waals surface area contributed by atoms with Crippen molar-refractivity contribution in [1.82, 2.24) is 10.2 Å². The van der Waals surface area contributed by atoms with Crippen LogP contribution in [-0.4, -0.2) is 36.3 Å². The van der Waals surface area contributed by atoms with E-state index in [1.807, 2.05) is 6.92 Å². The van der Waals surface area contributed by atoms with Crippen LogP contribution in [0.5, 0.6) is 0 Å². The average Bonchev–Trinajstić information content (AvgIpc) is 2.19. The van der Waals surface area contributed by atoms with Gasteiger partial charge in [-0.1, -0.05) is 5.57 Å². The number of nitrogens with one attached hydrogen (secondary N) is 1. The molecule has 0 unspecified atom stereocenters. The molecule has 0 atom stereocenters. The first kappa shape index (κ1) is 11.5. The number of thiocarbonyl (C=S) groups is 1. The van der Waals surface area contributed by atoms with Crippen molar-refractivity contribution < 1.29 is 4.74 Å². The molecule has 0 aromatic heterocycles. The Morgan fingerprint density at radius 2 is 1.79 bits per heavy atom. The predicted molar refractivity (Wildman–Crippen MR) is 62.2 cm³/mol. The summed E-state index contributed by atoms with van der Waals surface area (Å²) < 4.78 is 5.26. The monoisotopic (exact) mass is 214 g/mol. The van der Waals surface area contributed by atoms with Gasteiger partial charge in [0.2, 0.25) is 0 Å². The van der Waals surface area contributed by atoms with Crippen molar-refractivity contribution in [3.8, 4) is 0 Å². The molecule has 1 aliphatic rings. The highest BCUT2D eigenvalue weighted by Crippen LogP contribution is 2.02. The maximum Gasteiger partial charge on any atom is 0.173 e. The zero-order valence-corrected chi connectivity index (χ0v) is 9.91. The summed E-state index contributed by atoms with van der Waals surface area (Å²) in [5, 5.41) is 4.04. The summed E-state index contributed by atoms with van der Waals surface area (Å²) in [5.74, 6) is 0. The summed E-state index contributed by atoms with van der Waals surface area (Å²) in [5.41, 5.74) is 2.40. The Morgan fingerprint density at radius 3 is 2.29 bits per heavy atom. The molecule has 14 heavy (non-hydrogen) atoms. The predicted octanol–water partition coefficient (Wildman–Crippen LogP) is 1.51. The second-order valence-electron chi connectivity index (χ2n) is 3.65. The lowest BCUT2D eigenvalue weighted by atomic mass is 10.3. The molecule has 1 aliphatic heterocycles. The van der Waals surface area contributed by atoms with Crippen LogP contribution in [0.2, 0.25) is 0 Å². The Hall–Kier alpha value is -0.610. The van der Waals surface area contributed by atoms with Crippen molar-refractivity contribution in [3.05, 3.63) is 11.3 Å². The Balaban J connectivity index is 2.45. The summed E-state index contributed by atoms with van der Waals surface area (Å²) in [6, 6.07) is 0. The fourth-order valence-corrected chi connectivity index (χ4v) is 1.47. The molecule has 0 bridgehead atoms. The lowest BCUT2D eigenvalue weighted by Gasteiger charge is -2.29. The molecule has 0 spiro atoms. The van der Waals surface area contributed by atoms with E-state index in [1.54, 1.807) is 0 Å². The SMILES string of the molecule is CC(C)=C(C)NC(=S)N1CCOCC1. The molecule has 0 aromatic carbocycles. The number of hydrogen-bond acceptors (Lipinski definition) is 2. The van der Waals surface area contributed by atoms with Crippen molar-refractivity contribution in [2.45, 2.75) is 20.8 Å². The maximum absolute atomic E-state index is 5.29. The van der Waals surface area contributed by atoms with Gasteiger partial charge in [0.1, 0.15) is 0 Å². The molecular weight excluding hydrogens is 196 g/mol. The molecule has 0 saturated carbocycles. The van der Waals surface area contributed by atoms with Crippen LogP contribution in [-0.2, 0) is 4.74 Å². The Bertz CT molecular complexity index is 241. The van der Waals surface area contributed by atoms with Gasteiger partial charge in [0, 0.05) is 18.8 Å². The van der Waals surface area contributed by atoms with Crippen LogP contribution in [0.4, 0.5) is 0 Å². The van der Waals surface area contributed by atoms with Crippen molar-refractivity contribution >= 4 is 17.3 Å². The molecule has 0 aromatic rings. The van der Waals surface area contributed by atoms with Crippen LogP contribution in [0, 0.1) is 0 Å². The molecule has 1 heterocycles. The largest absolute Gasteiger partial charge is 0.378 e. The number of morpholine rings is 1. The highest BCUT2D eigenvalue weighted by Gasteiger charge is 2.13. The molecule has 0 aliphatic carbocycles. The van der Waals surface area contributed by atoms with Crippen LogP contribution < -0.4 is 5.32 Å². The summed E-state index contributed by atoms with van der Waals surface area (Å²) in [7, 11) is 0. The van der Waals surface area contributed by atoms with Crippen molar-refractivity contribution in [2.24, 2.45) is 0 Å². The zero-order valence-electron chi connectivity index (χ0n) is 9.09. The van der Waals surface area contributed by atoms with Crippen molar-refractivity contribution in [1.29, 1.82) is 0 Å². The van der Waals surface area contributed by atoms with Crippen molar-refractivity contribution in [3.63, 3.8) is 0 Å². The van der Waals surface area contributed by atoms with Gasteiger partial charge in [0.15, 0.2) is 5.11 Å². The summed E-state index contributed by atoms with van der Waals surface area (Å²) in [6.45, 7) is 9.52. The molecule has 4 heteroatoms. The zero-order chi connectivity index (χ0) is 10.6. The average molecular weight is 214 g/mol. The number of ether oxygens (including phenoxy) is 1. The van der Waals surface area contributed by atoms with Crippen LogP contribution in [0.3, 0.4) is 0 Å². The van der Waals surface area contributed by atoms with Crippen LogP contribution in [0.1, 0.15) is 20.8 Å². The summed E-state index contributed by atoms with van der Waals surface area (Å²) >= 11 is 5.29. The van der Waals surface area contributed by atoms with Crippen LogP contribution in [0.15, 0.2) is 11.3 Å². The van der Waals surface area contributed by atoms with E-state index in [0.29, 0.717) is 0 Å². The second-order valence-corrected chi connectivity index (χ2v) is 4.04. The fourth-order valence-electron chi connectivity index (χ4n) is 1.13. The van der Waals surface area contributed by atoms with E-state index in [1.165, 1.54) is 5.57 Å². The van der Waals surface area contributed by atoms with Gasteiger partial charge in [0.25, 0.3) is 0 Å². The highest BCUT2D eigenvalue weighted by molar-refractivity contribution is 7.80. The van der Waals surface area contributed by atoms with E-state index in [4.69, 9.17) is 17.0 Å². The molecule has 1 rings (SSSR count). The van der Waals surface area contributed by atoms with Crippen LogP contribution >= 0.6 is 12.2 Å². The Morgan fingerprint density at radius 1 is 1.21 bits per heavy atom. The maximum atomic E-state index is 5.29. The van der Waals surface area contributed by atoms with Gasteiger partial charge < -0.3 is 15.0 Å². The molecule has 80 valence electrons. The smallest absolute Gasteiger partial charge is 0.173 e. The molecule has 1 saturated heterocycles. The molecule has 1 N–H and O–H groups in total. The third kappa shape index (κ3) is 3.27. The van der Waals surface area contributed by atoms with E-state index in [2.05, 4.69) is 24.1 Å². The van der Waals surface area contributed by atoms with Gasteiger partial charge in [-0.3, -0.25) is 0 Å². The second kappa shape index (κ2) is 5.32. The van der Waals surface area contributed by atoms with E-state index >= 15 is 0 Å². The minimum atomic E-state index is 0.774. The third-order valence-corrected chi connectivity index (χ3v) is 2.70. The van der Waals surface area contributed by atoms with Crippen LogP contribution in [0.25, 0.3) is 0 Å². The molecule has 0 radical (unpaired) electrons. The minimum Gasteiger partial charge on any atom is -0.378 e. The van der Waals surface area contributed by atoms with Gasteiger partial charge in [0.05, 0.1) is 13.2 Å². The van der Waals surface area contributed by atoms with Crippen molar-refractivity contribution in [2.75, 3.05) is 26.3 Å². The van der Waals surface area contributed by atoms with Gasteiger partial charge >= 0.3 is 0 Å². The van der Waals surface area contributed by atoms with Gasteiger partial charge in [-0.25, -0.2) is 0 Å². The number of nitrogens with zero attached hydrogens (tertiary/aromatic N) is 1. The lowest BCUT2D eigenvalue weighted by Crippen LogP contribution is -2.45. The minimum absolute atomic E-state index is 0.774. The first-order valence-corrected chi connectivity index (χ1v) is 5.30. The summed E-state index contributed by atoms with van der Waals surface area (Å²) in [6.07, 6.45) is 0. The fraction of sp³-hybridized carbons (Fsp3) is 0.700. The first-order chi connectivity index (χ1) is 6.61. The van der Waals surface area contributed by atoms with E-state index < -0.39 is 0 Å². The van der Waals surface area contributed by atoms with Gasteiger partial charge in [-0.05, 0) is 33.0 Å². The number of rotatable bonds is 1. The topological polar surface area (TPSA) is 24.5 Å². The normalized spacial score (nSPS) is 16.4. The van der Waals surface area contributed by atoms with Gasteiger partial charge in [-0.2, -0.15) is 0 Å².